The van der Waals surface area contributed by atoms with Crippen LogP contribution >= 0.6 is 0 Å². The van der Waals surface area contributed by atoms with Crippen LogP contribution in [-0.2, 0) is 28.6 Å². The van der Waals surface area contributed by atoms with Crippen molar-refractivity contribution in [1.29, 1.82) is 0 Å². The molecule has 0 aliphatic heterocycles. The second-order valence-electron chi connectivity index (χ2n) is 3.87. The molecule has 158 valence electrons. The van der Waals surface area contributed by atoms with Crippen molar-refractivity contribution >= 4 is 10.1 Å². The highest BCUT2D eigenvalue weighted by atomic mass is 32.2. The van der Waals surface area contributed by atoms with E-state index in [0.717, 1.165) is 0 Å². The summed E-state index contributed by atoms with van der Waals surface area (Å²) in [6.07, 6.45) is -17.4. The summed E-state index contributed by atoms with van der Waals surface area (Å²) >= 11 is 0. The normalized spacial score (nSPS) is 13.9. The summed E-state index contributed by atoms with van der Waals surface area (Å²) < 4.78 is 181. The second-order valence-corrected chi connectivity index (χ2v) is 5.24. The molecule has 20 heteroatoms. The summed E-state index contributed by atoms with van der Waals surface area (Å²) in [5.74, 6) is -8.77. The molecule has 0 saturated heterocycles. The topological polar surface area (TPSA) is 86.9 Å². The summed E-state index contributed by atoms with van der Waals surface area (Å²) in [7, 11) is -6.09. The molecule has 0 bridgehead atoms. The molecule has 1 aromatic heterocycles. The predicted molar refractivity (Wildman–Crippen MR) is 49.5 cm³/mol. The molecule has 0 amide bonds. The van der Waals surface area contributed by atoms with E-state index in [9.17, 15) is 57.2 Å². The van der Waals surface area contributed by atoms with Gasteiger partial charge in [-0.05, 0) is 9.27 Å². The van der Waals surface area contributed by atoms with Gasteiger partial charge in [0.2, 0.25) is 0 Å². The zero-order chi connectivity index (χ0) is 22.2. The van der Waals surface area contributed by atoms with E-state index in [0.29, 0.717) is 0 Å². The Bertz CT molecular complexity index is 741. The van der Waals surface area contributed by atoms with E-state index >= 15 is 0 Å². The molecule has 0 atom stereocenters. The largest absolute Gasteiger partial charge is 0.741 e. The SMILES string of the molecule is F[n+]1c(C(F)(F)F)nc(C(F)(F)F)nc1C(F)(F)F.O=S(=O)([O-])C(F)(F)F. The summed E-state index contributed by atoms with van der Waals surface area (Å²) in [4.78, 5) is 1.34. The average Bonchev–Trinajstić information content (AvgIpc) is 2.32. The Kier molecular flexibility index (Phi) is 6.67. The van der Waals surface area contributed by atoms with Crippen molar-refractivity contribution in [3.63, 3.8) is 0 Å². The highest BCUT2D eigenvalue weighted by Crippen LogP contribution is 2.33. The predicted octanol–water partition coefficient (Wildman–Crippen LogP) is 2.60. The number of halogens is 13. The zero-order valence-electron chi connectivity index (χ0n) is 11.4. The maximum absolute atomic E-state index is 12.8. The van der Waals surface area contributed by atoms with Crippen LogP contribution in [0, 0.1) is 0 Å². The van der Waals surface area contributed by atoms with Crippen molar-refractivity contribution in [3.05, 3.63) is 17.5 Å². The van der Waals surface area contributed by atoms with Crippen molar-refractivity contribution in [2.24, 2.45) is 0 Å². The standard InChI is InChI=1S/C6F10N3.CHF3O3S/c7-4(8,9)1-17-2(5(10,11)12)19(16)3(18-1)6(13,14)15;2-1(3,4)8(5,6)7/h;(H,5,6,7)/q+1;/p-1. The molecule has 0 aliphatic rings. The van der Waals surface area contributed by atoms with Gasteiger partial charge in [0.1, 0.15) is 0 Å². The third-order valence-corrected chi connectivity index (χ3v) is 2.41. The van der Waals surface area contributed by atoms with E-state index in [1.165, 1.54) is 0 Å². The van der Waals surface area contributed by atoms with E-state index in [1.807, 2.05) is 0 Å². The molecular weight excluding hydrogens is 453 g/mol. The number of aromatic nitrogens is 3. The number of rotatable bonds is 0. The average molecular weight is 453 g/mol. The molecule has 0 fully saturated rings. The van der Waals surface area contributed by atoms with Gasteiger partial charge >= 0.3 is 41.5 Å². The minimum Gasteiger partial charge on any atom is -0.741 e. The number of nitrogens with zero attached hydrogens (tertiary/aromatic N) is 3. The van der Waals surface area contributed by atoms with Crippen molar-refractivity contribution < 1.29 is 74.9 Å². The van der Waals surface area contributed by atoms with Crippen LogP contribution in [-0.4, -0.2) is 28.4 Å². The van der Waals surface area contributed by atoms with Gasteiger partial charge < -0.3 is 4.55 Å². The summed E-state index contributed by atoms with van der Waals surface area (Å²) in [6.45, 7) is 0. The lowest BCUT2D eigenvalue weighted by Gasteiger charge is -2.08. The minimum absolute atomic E-state index is 1.72. The third kappa shape index (κ3) is 6.92. The van der Waals surface area contributed by atoms with Crippen LogP contribution in [0.3, 0.4) is 0 Å². The van der Waals surface area contributed by atoms with E-state index in [1.54, 1.807) is 9.97 Å². The van der Waals surface area contributed by atoms with Crippen LogP contribution in [0.4, 0.5) is 57.2 Å². The third-order valence-electron chi connectivity index (χ3n) is 1.84. The van der Waals surface area contributed by atoms with Gasteiger partial charge in [-0.2, -0.15) is 52.7 Å². The monoisotopic (exact) mass is 453 g/mol. The lowest BCUT2D eigenvalue weighted by Crippen LogP contribution is -2.45. The first-order valence-corrected chi connectivity index (χ1v) is 6.64. The van der Waals surface area contributed by atoms with Crippen molar-refractivity contribution in [2.45, 2.75) is 24.0 Å². The van der Waals surface area contributed by atoms with E-state index in [-0.39, 0.29) is 0 Å². The Labute approximate surface area is 137 Å². The Morgan fingerprint density at radius 1 is 0.704 bits per heavy atom. The summed E-state index contributed by atoms with van der Waals surface area (Å²) in [6, 6.07) is 0. The number of alkyl halides is 12. The van der Waals surface area contributed by atoms with Crippen molar-refractivity contribution in [3.8, 4) is 0 Å². The highest BCUT2D eigenvalue weighted by Gasteiger charge is 2.55. The molecule has 0 N–H and O–H groups in total. The highest BCUT2D eigenvalue weighted by molar-refractivity contribution is 7.86. The van der Waals surface area contributed by atoms with Crippen LogP contribution in [0.5, 0.6) is 0 Å². The van der Waals surface area contributed by atoms with Gasteiger partial charge in [0.15, 0.2) is 10.1 Å². The first kappa shape index (κ1) is 25.0. The van der Waals surface area contributed by atoms with Gasteiger partial charge in [-0.1, -0.05) is 9.97 Å². The van der Waals surface area contributed by atoms with Crippen LogP contribution in [0.1, 0.15) is 17.5 Å². The van der Waals surface area contributed by atoms with E-state index in [2.05, 4.69) is 0 Å². The minimum atomic E-state index is -6.09. The molecule has 6 nitrogen and oxygen atoms in total. The fourth-order valence-corrected chi connectivity index (χ4v) is 0.890. The fraction of sp³-hybridized carbons (Fsp3) is 0.571. The van der Waals surface area contributed by atoms with Crippen LogP contribution in [0.15, 0.2) is 0 Å². The quantitative estimate of drug-likeness (QED) is 0.343. The first-order valence-electron chi connectivity index (χ1n) is 5.23. The lowest BCUT2D eigenvalue weighted by molar-refractivity contribution is -0.872. The molecule has 1 aromatic rings. The molecule has 0 unspecified atom stereocenters. The first-order chi connectivity index (χ1) is 11.5. The smallest absolute Gasteiger partial charge is 0.485 e. The number of hydrogen-bond acceptors (Lipinski definition) is 5. The van der Waals surface area contributed by atoms with Gasteiger partial charge in [-0.25, -0.2) is 8.42 Å². The fourth-order valence-electron chi connectivity index (χ4n) is 0.890. The van der Waals surface area contributed by atoms with Gasteiger partial charge in [0, 0.05) is 0 Å². The summed E-state index contributed by atoms with van der Waals surface area (Å²) in [5.41, 5.74) is -5.65. The van der Waals surface area contributed by atoms with Gasteiger partial charge in [-0.15, -0.1) is 0 Å². The van der Waals surface area contributed by atoms with Crippen LogP contribution in [0.2, 0.25) is 0 Å². The molecule has 0 saturated carbocycles. The molecule has 0 aliphatic carbocycles. The molecule has 0 radical (unpaired) electrons. The Morgan fingerprint density at radius 3 is 1.11 bits per heavy atom. The van der Waals surface area contributed by atoms with Crippen LogP contribution < -0.4 is 4.79 Å². The molecule has 1 heterocycles. The van der Waals surface area contributed by atoms with Crippen LogP contribution in [0.25, 0.3) is 0 Å². The zero-order valence-corrected chi connectivity index (χ0v) is 12.2. The van der Waals surface area contributed by atoms with E-state index < -0.39 is 56.4 Å². The molecule has 0 spiro atoms. The van der Waals surface area contributed by atoms with Gasteiger partial charge in [-0.3, -0.25) is 0 Å². The van der Waals surface area contributed by atoms with Crippen molar-refractivity contribution in [1.82, 2.24) is 9.97 Å². The van der Waals surface area contributed by atoms with Gasteiger partial charge in [0.05, 0.1) is 0 Å². The molecular formula is C7F13N3O3S. The van der Waals surface area contributed by atoms with Crippen molar-refractivity contribution in [2.75, 3.05) is 0 Å². The molecule has 0 aromatic carbocycles. The van der Waals surface area contributed by atoms with Gasteiger partial charge in [0.25, 0.3) is 0 Å². The Morgan fingerprint density at radius 2 is 0.963 bits per heavy atom. The Balaban J connectivity index is 0.000000713. The molecule has 27 heavy (non-hydrogen) atoms. The second kappa shape index (κ2) is 7.20. The summed E-state index contributed by atoms with van der Waals surface area (Å²) in [5, 5.41) is 0. The Hall–Kier alpha value is -1.99. The maximum Gasteiger partial charge on any atom is 0.485 e. The maximum atomic E-state index is 12.8. The number of hydrogen-bond donors (Lipinski definition) is 0. The van der Waals surface area contributed by atoms with E-state index in [4.69, 9.17) is 13.0 Å². The lowest BCUT2D eigenvalue weighted by atomic mass is 10.4. The molecule has 1 rings (SSSR count).